The summed E-state index contributed by atoms with van der Waals surface area (Å²) in [7, 11) is 0. The van der Waals surface area contributed by atoms with Gasteiger partial charge in [0.1, 0.15) is 0 Å². The second kappa shape index (κ2) is 6.57. The van der Waals surface area contributed by atoms with E-state index in [1.54, 1.807) is 0 Å². The van der Waals surface area contributed by atoms with Crippen molar-refractivity contribution < 1.29 is 9.90 Å². The van der Waals surface area contributed by atoms with Crippen LogP contribution in [0.2, 0.25) is 0 Å². The molecule has 1 atom stereocenters. The fourth-order valence-electron chi connectivity index (χ4n) is 2.64. The Bertz CT molecular complexity index is 631. The molecule has 2 aromatic rings. The van der Waals surface area contributed by atoms with E-state index in [1.807, 2.05) is 48.9 Å². The molecule has 1 aromatic heterocycles. The van der Waals surface area contributed by atoms with Crippen LogP contribution in [0.4, 0.5) is 0 Å². The molecule has 0 aliphatic rings. The molecule has 1 unspecified atom stereocenters. The van der Waals surface area contributed by atoms with Gasteiger partial charge in [-0.2, -0.15) is 5.10 Å². The number of aryl methyl sites for hydroxylation is 3. The summed E-state index contributed by atoms with van der Waals surface area (Å²) >= 11 is 0. The maximum atomic E-state index is 11.7. The molecule has 112 valence electrons. The van der Waals surface area contributed by atoms with E-state index in [2.05, 4.69) is 12.0 Å². The number of aliphatic carboxylic acids is 1. The third-order valence-electron chi connectivity index (χ3n) is 3.85. The van der Waals surface area contributed by atoms with Crippen molar-refractivity contribution in [3.8, 4) is 0 Å². The third-order valence-corrected chi connectivity index (χ3v) is 3.85. The molecule has 0 fully saturated rings. The highest BCUT2D eigenvalue weighted by molar-refractivity contribution is 5.77. The van der Waals surface area contributed by atoms with Crippen molar-refractivity contribution in [2.24, 2.45) is 0 Å². The summed E-state index contributed by atoms with van der Waals surface area (Å²) in [6.07, 6.45) is 1.34. The van der Waals surface area contributed by atoms with Crippen molar-refractivity contribution >= 4 is 5.97 Å². The van der Waals surface area contributed by atoms with E-state index in [0.717, 1.165) is 35.5 Å². The largest absolute Gasteiger partial charge is 0.481 e. The maximum absolute atomic E-state index is 11.7. The van der Waals surface area contributed by atoms with Crippen LogP contribution in [0.1, 0.15) is 42.3 Å². The zero-order valence-electron chi connectivity index (χ0n) is 12.8. The first-order valence-corrected chi connectivity index (χ1v) is 7.40. The summed E-state index contributed by atoms with van der Waals surface area (Å²) in [6, 6.07) is 9.72. The minimum Gasteiger partial charge on any atom is -0.481 e. The normalized spacial score (nSPS) is 12.3. The van der Waals surface area contributed by atoms with Crippen molar-refractivity contribution in [1.29, 1.82) is 0 Å². The Labute approximate surface area is 125 Å². The van der Waals surface area contributed by atoms with E-state index in [4.69, 9.17) is 0 Å². The highest BCUT2D eigenvalue weighted by Crippen LogP contribution is 2.25. The standard InChI is InChI=1S/C17H22N2O2/c1-4-13-10-14(19(5-2)18-13)11-16(17(20)21)15-9-7-6-8-12(15)3/h6-10,16H,4-5,11H2,1-3H3,(H,20,21). The van der Waals surface area contributed by atoms with E-state index in [1.165, 1.54) is 0 Å². The van der Waals surface area contributed by atoms with Gasteiger partial charge in [0, 0.05) is 18.7 Å². The van der Waals surface area contributed by atoms with Gasteiger partial charge in [-0.3, -0.25) is 9.48 Å². The topological polar surface area (TPSA) is 55.1 Å². The molecule has 0 spiro atoms. The van der Waals surface area contributed by atoms with Crippen LogP contribution in [0.15, 0.2) is 30.3 Å². The molecule has 4 heteroatoms. The van der Waals surface area contributed by atoms with E-state index in [0.29, 0.717) is 6.42 Å². The molecule has 0 bridgehead atoms. The van der Waals surface area contributed by atoms with Crippen molar-refractivity contribution in [3.63, 3.8) is 0 Å². The fraction of sp³-hybridized carbons (Fsp3) is 0.412. The summed E-state index contributed by atoms with van der Waals surface area (Å²) in [4.78, 5) is 11.7. The van der Waals surface area contributed by atoms with Gasteiger partial charge in [0.05, 0.1) is 11.6 Å². The summed E-state index contributed by atoms with van der Waals surface area (Å²) < 4.78 is 1.91. The first kappa shape index (κ1) is 15.3. The smallest absolute Gasteiger partial charge is 0.311 e. The van der Waals surface area contributed by atoms with Gasteiger partial charge in [-0.05, 0) is 37.5 Å². The highest BCUT2D eigenvalue weighted by atomic mass is 16.4. The number of carboxylic acid groups (broad SMARTS) is 1. The predicted molar refractivity (Wildman–Crippen MR) is 82.5 cm³/mol. The molecule has 0 aliphatic carbocycles. The second-order valence-corrected chi connectivity index (χ2v) is 5.25. The molecule has 4 nitrogen and oxygen atoms in total. The Balaban J connectivity index is 2.35. The van der Waals surface area contributed by atoms with Crippen LogP contribution in [0.3, 0.4) is 0 Å². The quantitative estimate of drug-likeness (QED) is 0.887. The zero-order valence-corrected chi connectivity index (χ0v) is 12.8. The van der Waals surface area contributed by atoms with Crippen LogP contribution in [-0.2, 0) is 24.2 Å². The van der Waals surface area contributed by atoms with Crippen molar-refractivity contribution in [2.75, 3.05) is 0 Å². The van der Waals surface area contributed by atoms with Crippen LogP contribution in [0.5, 0.6) is 0 Å². The average molecular weight is 286 g/mol. The first-order valence-electron chi connectivity index (χ1n) is 7.40. The SMILES string of the molecule is CCc1cc(CC(C(=O)O)c2ccccc2C)n(CC)n1. The van der Waals surface area contributed by atoms with Gasteiger partial charge in [0.15, 0.2) is 0 Å². The highest BCUT2D eigenvalue weighted by Gasteiger charge is 2.23. The van der Waals surface area contributed by atoms with E-state index < -0.39 is 11.9 Å². The summed E-state index contributed by atoms with van der Waals surface area (Å²) in [6.45, 7) is 6.80. The minimum atomic E-state index is -0.786. The Morgan fingerprint density at radius 2 is 2.05 bits per heavy atom. The lowest BCUT2D eigenvalue weighted by Crippen LogP contribution is -2.17. The molecule has 2 rings (SSSR count). The van der Waals surface area contributed by atoms with E-state index in [9.17, 15) is 9.90 Å². The molecule has 0 aliphatic heterocycles. The summed E-state index contributed by atoms with van der Waals surface area (Å²) in [5.74, 6) is -1.32. The number of hydrogen-bond donors (Lipinski definition) is 1. The second-order valence-electron chi connectivity index (χ2n) is 5.25. The Morgan fingerprint density at radius 3 is 2.62 bits per heavy atom. The molecule has 0 saturated heterocycles. The molecule has 21 heavy (non-hydrogen) atoms. The number of aromatic nitrogens is 2. The average Bonchev–Trinajstić information content (AvgIpc) is 2.87. The molecular weight excluding hydrogens is 264 g/mol. The van der Waals surface area contributed by atoms with Gasteiger partial charge in [-0.15, -0.1) is 0 Å². The Morgan fingerprint density at radius 1 is 1.33 bits per heavy atom. The van der Waals surface area contributed by atoms with Gasteiger partial charge in [-0.25, -0.2) is 0 Å². The van der Waals surface area contributed by atoms with Crippen LogP contribution < -0.4 is 0 Å². The Kier molecular flexibility index (Phi) is 4.78. The van der Waals surface area contributed by atoms with Crippen molar-refractivity contribution in [2.45, 2.75) is 46.1 Å². The first-order chi connectivity index (χ1) is 10.1. The fourth-order valence-corrected chi connectivity index (χ4v) is 2.64. The number of benzene rings is 1. The van der Waals surface area contributed by atoms with E-state index >= 15 is 0 Å². The van der Waals surface area contributed by atoms with Crippen molar-refractivity contribution in [1.82, 2.24) is 9.78 Å². The zero-order chi connectivity index (χ0) is 15.4. The van der Waals surface area contributed by atoms with Crippen LogP contribution in [0, 0.1) is 6.92 Å². The van der Waals surface area contributed by atoms with Crippen LogP contribution >= 0.6 is 0 Å². The lowest BCUT2D eigenvalue weighted by atomic mass is 9.91. The van der Waals surface area contributed by atoms with Gasteiger partial charge in [0.2, 0.25) is 0 Å². The number of carboxylic acids is 1. The minimum absolute atomic E-state index is 0.473. The molecule has 1 aromatic carbocycles. The number of carbonyl (C=O) groups is 1. The van der Waals surface area contributed by atoms with Gasteiger partial charge in [-0.1, -0.05) is 31.2 Å². The summed E-state index contributed by atoms with van der Waals surface area (Å²) in [5, 5.41) is 14.1. The number of hydrogen-bond acceptors (Lipinski definition) is 2. The Hall–Kier alpha value is -2.10. The molecule has 0 radical (unpaired) electrons. The number of rotatable bonds is 6. The number of nitrogens with zero attached hydrogens (tertiary/aromatic N) is 2. The predicted octanol–water partition coefficient (Wildman–Crippen LogP) is 3.18. The molecular formula is C17H22N2O2. The molecule has 1 heterocycles. The van der Waals surface area contributed by atoms with Crippen molar-refractivity contribution in [3.05, 3.63) is 52.8 Å². The lowest BCUT2D eigenvalue weighted by molar-refractivity contribution is -0.138. The molecule has 0 saturated carbocycles. The summed E-state index contributed by atoms with van der Waals surface area (Å²) in [5.41, 5.74) is 3.90. The maximum Gasteiger partial charge on any atom is 0.311 e. The van der Waals surface area contributed by atoms with Crippen LogP contribution in [0.25, 0.3) is 0 Å². The lowest BCUT2D eigenvalue weighted by Gasteiger charge is -2.15. The third kappa shape index (κ3) is 3.32. The van der Waals surface area contributed by atoms with Crippen LogP contribution in [-0.4, -0.2) is 20.9 Å². The van der Waals surface area contributed by atoms with Gasteiger partial charge < -0.3 is 5.11 Å². The monoisotopic (exact) mass is 286 g/mol. The van der Waals surface area contributed by atoms with Gasteiger partial charge in [0.25, 0.3) is 0 Å². The molecule has 0 amide bonds. The van der Waals surface area contributed by atoms with E-state index in [-0.39, 0.29) is 0 Å². The van der Waals surface area contributed by atoms with Gasteiger partial charge >= 0.3 is 5.97 Å². The molecule has 1 N–H and O–H groups in total.